The summed E-state index contributed by atoms with van der Waals surface area (Å²) in [6, 6.07) is 0. The molecule has 42 heavy (non-hydrogen) atoms. The van der Waals surface area contributed by atoms with Gasteiger partial charge in [0.2, 0.25) is 0 Å². The quantitative estimate of drug-likeness (QED) is 0.0534. The second-order valence-electron chi connectivity index (χ2n) is 9.09. The van der Waals surface area contributed by atoms with Crippen LogP contribution in [-0.4, -0.2) is 72.5 Å². The first-order valence-electron chi connectivity index (χ1n) is 13.2. The number of rotatable bonds is 20. The summed E-state index contributed by atoms with van der Waals surface area (Å²) in [4.78, 5) is 44.2. The number of carbonyl (C=O) groups is 4. The molecule has 18 heteroatoms. The normalized spacial score (nSPS) is 13.9. The second-order valence-corrected chi connectivity index (χ2v) is 12.3. The van der Waals surface area contributed by atoms with Crippen LogP contribution in [0.2, 0.25) is 0 Å². The third-order valence-corrected chi connectivity index (χ3v) is 7.84. The van der Waals surface area contributed by atoms with Crippen molar-refractivity contribution in [3.63, 3.8) is 0 Å². The predicted molar refractivity (Wildman–Crippen MR) is 139 cm³/mol. The number of ether oxygens (including phenoxy) is 2. The van der Waals surface area contributed by atoms with E-state index < -0.39 is 79.7 Å². The van der Waals surface area contributed by atoms with Crippen LogP contribution in [0.25, 0.3) is 0 Å². The molecule has 0 aromatic carbocycles. The maximum absolute atomic E-state index is 11.7. The van der Waals surface area contributed by atoms with Crippen LogP contribution in [0.15, 0.2) is 0 Å². The molecule has 4 unspecified atom stereocenters. The number of aliphatic carboxylic acids is 2. The van der Waals surface area contributed by atoms with E-state index in [1.165, 1.54) is 0 Å². The van der Waals surface area contributed by atoms with Crippen LogP contribution >= 0.6 is 0 Å². The maximum atomic E-state index is 11.7. The Kier molecular flexibility index (Phi) is 30.1. The number of hydrogen-bond donors (Lipinski definition) is 2. The molecule has 0 spiro atoms. The molecule has 0 aromatic heterocycles. The van der Waals surface area contributed by atoms with E-state index in [0.717, 1.165) is 38.5 Å². The third kappa shape index (κ3) is 24.1. The minimum Gasteiger partial charge on any atom is -0.550 e. The minimum absolute atomic E-state index is 0. The van der Waals surface area contributed by atoms with Crippen molar-refractivity contribution >= 4 is 44.1 Å². The van der Waals surface area contributed by atoms with E-state index in [2.05, 4.69) is 0 Å². The zero-order valence-corrected chi connectivity index (χ0v) is 31.0. The number of carboxylic acid groups (broad SMARTS) is 2. The van der Waals surface area contributed by atoms with Gasteiger partial charge in [-0.15, -0.1) is 0 Å². The summed E-state index contributed by atoms with van der Waals surface area (Å²) in [5.41, 5.74) is 0. The van der Waals surface area contributed by atoms with Crippen LogP contribution in [0.4, 0.5) is 0 Å². The van der Waals surface area contributed by atoms with Gasteiger partial charge in [0.25, 0.3) is 20.2 Å². The van der Waals surface area contributed by atoms with Crippen LogP contribution < -0.4 is 69.3 Å². The van der Waals surface area contributed by atoms with Crippen molar-refractivity contribution in [3.8, 4) is 0 Å². The molecule has 0 aliphatic carbocycles. The third-order valence-electron chi connectivity index (χ3n) is 5.68. The Balaban J connectivity index is -0.000000328. The fourth-order valence-electron chi connectivity index (χ4n) is 3.34. The van der Waals surface area contributed by atoms with Crippen molar-refractivity contribution in [3.05, 3.63) is 0 Å². The Morgan fingerprint density at radius 3 is 1.10 bits per heavy atom. The van der Waals surface area contributed by atoms with Crippen LogP contribution in [0.3, 0.4) is 0 Å². The maximum Gasteiger partial charge on any atom is 1.00 e. The molecular formula is C24H42Na2O14S2. The zero-order chi connectivity index (χ0) is 31.5. The molecule has 14 nitrogen and oxygen atoms in total. The smallest absolute Gasteiger partial charge is 0.550 e. The Morgan fingerprint density at radius 1 is 0.619 bits per heavy atom. The number of esters is 2. The summed E-state index contributed by atoms with van der Waals surface area (Å²) in [7, 11) is -9.67. The summed E-state index contributed by atoms with van der Waals surface area (Å²) >= 11 is 0. The van der Waals surface area contributed by atoms with Crippen LogP contribution in [0.5, 0.6) is 0 Å². The molecule has 0 saturated carbocycles. The Labute approximate surface area is 293 Å². The average molecular weight is 665 g/mol. The fraction of sp³-hybridized carbons (Fsp3) is 0.833. The van der Waals surface area contributed by atoms with E-state index >= 15 is 0 Å². The topological polar surface area (TPSA) is 242 Å². The summed E-state index contributed by atoms with van der Waals surface area (Å²) in [5, 5.41) is 16.6. The van der Waals surface area contributed by atoms with Gasteiger partial charge < -0.3 is 29.3 Å². The molecule has 0 bridgehead atoms. The zero-order valence-electron chi connectivity index (χ0n) is 25.4. The van der Waals surface area contributed by atoms with Gasteiger partial charge in [-0.25, -0.2) is 0 Å². The Bertz CT molecular complexity index is 923. The van der Waals surface area contributed by atoms with Crippen LogP contribution in [-0.2, 0) is 48.9 Å². The molecule has 0 rings (SSSR count). The molecule has 236 valence electrons. The first-order valence-corrected chi connectivity index (χ1v) is 16.2. The standard InChI is InChI=1S/2C12H22O7S.2Na/c2*1-3-5-6-7-9(4-2)19-12(15)10(8-11(13)14)20(16,17)18;;/h2*9-10H,3-8H2,1-2H3,(H,13,14)(H,16,17,18);;/q;;2*+1/p-2. The van der Waals surface area contributed by atoms with Gasteiger partial charge in [-0.1, -0.05) is 53.4 Å². The van der Waals surface area contributed by atoms with E-state index in [9.17, 15) is 46.2 Å². The SMILES string of the molecule is CCCCCC(CC)OC(=O)C(CC(=O)[O-])S(=O)(=O)O.CCCCCC(CC)OC(=O)C(CC(=O)[O-])S(=O)(=O)O.[Na+].[Na+]. The molecule has 0 amide bonds. The van der Waals surface area contributed by atoms with Gasteiger partial charge in [0, 0.05) is 24.8 Å². The van der Waals surface area contributed by atoms with E-state index in [-0.39, 0.29) is 59.1 Å². The van der Waals surface area contributed by atoms with Crippen molar-refractivity contribution < 1.29 is 124 Å². The molecule has 0 fully saturated rings. The molecular weight excluding hydrogens is 622 g/mol. The molecule has 2 N–H and O–H groups in total. The Morgan fingerprint density at radius 2 is 0.905 bits per heavy atom. The summed E-state index contributed by atoms with van der Waals surface area (Å²) in [6.07, 6.45) is 4.41. The van der Waals surface area contributed by atoms with E-state index in [4.69, 9.17) is 18.6 Å². The summed E-state index contributed by atoms with van der Waals surface area (Å²) < 4.78 is 71.7. The summed E-state index contributed by atoms with van der Waals surface area (Å²) in [5.74, 6) is -5.99. The molecule has 0 aliphatic heterocycles. The van der Waals surface area contributed by atoms with Gasteiger partial charge in [-0.3, -0.25) is 18.7 Å². The number of hydrogen-bond acceptors (Lipinski definition) is 12. The van der Waals surface area contributed by atoms with E-state index in [1.807, 2.05) is 13.8 Å². The second kappa shape index (κ2) is 26.0. The molecule has 0 aromatic rings. The van der Waals surface area contributed by atoms with Gasteiger partial charge in [0.15, 0.2) is 10.5 Å². The molecule has 4 atom stereocenters. The van der Waals surface area contributed by atoms with Gasteiger partial charge in [0.1, 0.15) is 12.2 Å². The van der Waals surface area contributed by atoms with Crippen molar-refractivity contribution in [2.45, 2.75) is 127 Å². The first-order chi connectivity index (χ1) is 18.4. The average Bonchev–Trinajstić information content (AvgIpc) is 2.83. The van der Waals surface area contributed by atoms with Gasteiger partial charge >= 0.3 is 71.1 Å². The summed E-state index contributed by atoms with van der Waals surface area (Å²) in [6.45, 7) is 7.57. The molecule has 0 heterocycles. The van der Waals surface area contributed by atoms with Gasteiger partial charge in [-0.05, 0) is 38.5 Å². The minimum atomic E-state index is -4.83. The number of carbonyl (C=O) groups excluding carboxylic acids is 4. The molecule has 0 radical (unpaired) electrons. The monoisotopic (exact) mass is 664 g/mol. The van der Waals surface area contributed by atoms with Crippen LogP contribution in [0, 0.1) is 0 Å². The number of carboxylic acids is 2. The Hall–Kier alpha value is -0.300. The van der Waals surface area contributed by atoms with Crippen molar-refractivity contribution in [2.75, 3.05) is 0 Å². The van der Waals surface area contributed by atoms with Crippen molar-refractivity contribution in [1.82, 2.24) is 0 Å². The van der Waals surface area contributed by atoms with Gasteiger partial charge in [-0.2, -0.15) is 16.8 Å². The molecule has 0 aliphatic rings. The van der Waals surface area contributed by atoms with E-state index in [0.29, 0.717) is 25.7 Å². The van der Waals surface area contributed by atoms with Crippen LogP contribution in [0.1, 0.15) is 105 Å². The molecule has 0 saturated heterocycles. The van der Waals surface area contributed by atoms with Crippen molar-refractivity contribution in [2.24, 2.45) is 0 Å². The van der Waals surface area contributed by atoms with E-state index in [1.54, 1.807) is 13.8 Å². The van der Waals surface area contributed by atoms with Crippen molar-refractivity contribution in [1.29, 1.82) is 0 Å². The number of unbranched alkanes of at least 4 members (excludes halogenated alkanes) is 4. The predicted octanol–water partition coefficient (Wildman–Crippen LogP) is -5.42. The fourth-order valence-corrected chi connectivity index (χ4v) is 4.63. The largest absolute Gasteiger partial charge is 1.00 e. The first kappa shape index (κ1) is 48.6. The van der Waals surface area contributed by atoms with Gasteiger partial charge in [0.05, 0.1) is 0 Å².